The minimum atomic E-state index is -3.58. The van der Waals surface area contributed by atoms with Crippen molar-refractivity contribution < 1.29 is 22.0 Å². The highest BCUT2D eigenvalue weighted by Crippen LogP contribution is 2.27. The van der Waals surface area contributed by atoms with E-state index in [9.17, 15) is 13.2 Å². The van der Waals surface area contributed by atoms with Crippen LogP contribution in [0, 0.1) is 5.92 Å². The summed E-state index contributed by atoms with van der Waals surface area (Å²) in [5.74, 6) is 1.47. The molecule has 0 unspecified atom stereocenters. The first-order valence-electron chi connectivity index (χ1n) is 11.3. The largest absolute Gasteiger partial charge is 0.467 e. The number of sulfonamides is 1. The molecule has 0 atom stereocenters. The Hall–Kier alpha value is -2.84. The smallest absolute Gasteiger partial charge is 0.243 e. The van der Waals surface area contributed by atoms with Gasteiger partial charge in [-0.3, -0.25) is 4.79 Å². The van der Waals surface area contributed by atoms with Gasteiger partial charge in [-0.25, -0.2) is 8.42 Å². The van der Waals surface area contributed by atoms with Crippen LogP contribution in [0.2, 0.25) is 0 Å². The second-order valence-corrected chi connectivity index (χ2v) is 10.7. The summed E-state index contributed by atoms with van der Waals surface area (Å²) >= 11 is 0. The molecule has 1 fully saturated rings. The Morgan fingerprint density at radius 2 is 1.52 bits per heavy atom. The average Bonchev–Trinajstić information content (AvgIpc) is 3.53. The Bertz CT molecular complexity index is 1090. The molecule has 33 heavy (non-hydrogen) atoms. The molecule has 3 aromatic rings. The molecule has 0 N–H and O–H groups in total. The lowest BCUT2D eigenvalue weighted by Gasteiger charge is -2.33. The third kappa shape index (κ3) is 5.39. The van der Waals surface area contributed by atoms with E-state index in [1.807, 2.05) is 24.3 Å². The first-order valence-corrected chi connectivity index (χ1v) is 12.7. The molecule has 0 aliphatic carbocycles. The second-order valence-electron chi connectivity index (χ2n) is 8.76. The minimum Gasteiger partial charge on any atom is -0.467 e. The maximum Gasteiger partial charge on any atom is 0.243 e. The molecule has 0 radical (unpaired) electrons. The Balaban J connectivity index is 1.42. The average molecular weight is 471 g/mol. The zero-order valence-electron chi connectivity index (χ0n) is 19.0. The topological polar surface area (TPSA) is 84.0 Å². The third-order valence-corrected chi connectivity index (χ3v) is 8.07. The van der Waals surface area contributed by atoms with Crippen LogP contribution in [0.3, 0.4) is 0 Å². The van der Waals surface area contributed by atoms with Gasteiger partial charge in [0.15, 0.2) is 0 Å². The number of piperidine rings is 1. The van der Waals surface area contributed by atoms with Gasteiger partial charge >= 0.3 is 0 Å². The number of carbonyl (C=O) groups excluding carboxylic acids is 1. The normalized spacial score (nSPS) is 15.7. The van der Waals surface area contributed by atoms with Gasteiger partial charge in [0.05, 0.1) is 30.5 Å². The number of hydrogen-bond donors (Lipinski definition) is 0. The molecule has 1 amide bonds. The Morgan fingerprint density at radius 3 is 1.97 bits per heavy atom. The van der Waals surface area contributed by atoms with E-state index in [4.69, 9.17) is 8.83 Å². The minimum absolute atomic E-state index is 0.0128. The predicted octanol–water partition coefficient (Wildman–Crippen LogP) is 4.63. The highest BCUT2D eigenvalue weighted by atomic mass is 32.2. The fourth-order valence-corrected chi connectivity index (χ4v) is 5.64. The van der Waals surface area contributed by atoms with Crippen LogP contribution in [-0.4, -0.2) is 36.6 Å². The fraction of sp³-hybridized carbons (Fsp3) is 0.400. The zero-order valence-corrected chi connectivity index (χ0v) is 19.8. The Morgan fingerprint density at radius 1 is 0.970 bits per heavy atom. The number of carbonyl (C=O) groups is 1. The van der Waals surface area contributed by atoms with Gasteiger partial charge in [-0.05, 0) is 60.7 Å². The van der Waals surface area contributed by atoms with E-state index in [1.165, 1.54) is 4.31 Å². The molecular formula is C25H30N2O5S. The molecule has 3 heterocycles. The molecule has 0 bridgehead atoms. The highest BCUT2D eigenvalue weighted by molar-refractivity contribution is 7.89. The summed E-state index contributed by atoms with van der Waals surface area (Å²) in [7, 11) is -3.58. The van der Waals surface area contributed by atoms with Gasteiger partial charge < -0.3 is 13.7 Å². The number of hydrogen-bond acceptors (Lipinski definition) is 5. The monoisotopic (exact) mass is 470 g/mol. The van der Waals surface area contributed by atoms with Crippen molar-refractivity contribution in [3.05, 3.63) is 78.1 Å². The molecule has 1 aromatic carbocycles. The van der Waals surface area contributed by atoms with Crippen molar-refractivity contribution in [3.63, 3.8) is 0 Å². The maximum absolute atomic E-state index is 13.4. The molecule has 1 aliphatic heterocycles. The molecule has 7 nitrogen and oxygen atoms in total. The van der Waals surface area contributed by atoms with Crippen molar-refractivity contribution >= 4 is 15.9 Å². The van der Waals surface area contributed by atoms with Crippen LogP contribution in [-0.2, 0) is 27.9 Å². The van der Waals surface area contributed by atoms with Crippen LogP contribution in [0.25, 0.3) is 0 Å². The Kier molecular flexibility index (Phi) is 7.05. The molecular weight excluding hydrogens is 440 g/mol. The molecule has 0 spiro atoms. The van der Waals surface area contributed by atoms with Gasteiger partial charge in [0.2, 0.25) is 15.9 Å². The Labute approximate surface area is 195 Å². The highest BCUT2D eigenvalue weighted by Gasteiger charge is 2.34. The number of benzene rings is 1. The van der Waals surface area contributed by atoms with Crippen LogP contribution < -0.4 is 0 Å². The van der Waals surface area contributed by atoms with Crippen LogP contribution >= 0.6 is 0 Å². The summed E-state index contributed by atoms with van der Waals surface area (Å²) in [6.07, 6.45) is 4.13. The summed E-state index contributed by atoms with van der Waals surface area (Å²) in [5.41, 5.74) is 1.10. The van der Waals surface area contributed by atoms with Crippen LogP contribution in [0.5, 0.6) is 0 Å². The van der Waals surface area contributed by atoms with E-state index in [-0.39, 0.29) is 11.8 Å². The third-order valence-electron chi connectivity index (χ3n) is 6.15. The number of furan rings is 2. The van der Waals surface area contributed by atoms with Crippen molar-refractivity contribution in [3.8, 4) is 0 Å². The van der Waals surface area contributed by atoms with E-state index in [0.29, 0.717) is 61.4 Å². The second kappa shape index (κ2) is 9.97. The van der Waals surface area contributed by atoms with Gasteiger partial charge in [-0.2, -0.15) is 4.31 Å². The molecule has 0 saturated carbocycles. The van der Waals surface area contributed by atoms with E-state index in [2.05, 4.69) is 13.8 Å². The van der Waals surface area contributed by atoms with Crippen molar-refractivity contribution in [1.29, 1.82) is 0 Å². The lowest BCUT2D eigenvalue weighted by molar-refractivity contribution is -0.138. The molecule has 2 aromatic heterocycles. The summed E-state index contributed by atoms with van der Waals surface area (Å²) in [6, 6.07) is 14.4. The van der Waals surface area contributed by atoms with Crippen molar-refractivity contribution in [2.75, 3.05) is 13.1 Å². The van der Waals surface area contributed by atoms with Gasteiger partial charge in [0.1, 0.15) is 11.5 Å². The fourth-order valence-electron chi connectivity index (χ4n) is 4.17. The van der Waals surface area contributed by atoms with Gasteiger partial charge in [-0.1, -0.05) is 26.0 Å². The molecule has 1 saturated heterocycles. The maximum atomic E-state index is 13.4. The number of rotatable bonds is 8. The van der Waals surface area contributed by atoms with E-state index in [0.717, 1.165) is 5.56 Å². The molecule has 176 valence electrons. The standard InChI is InChI=1S/C25H30N2O5S/c1-19(2)20-7-9-24(10-8-20)33(29,30)27-13-11-21(12-14-27)25(28)26(17-22-5-3-15-31-22)18-23-6-4-16-32-23/h3-10,15-16,19,21H,11-14,17-18H2,1-2H3. The lowest BCUT2D eigenvalue weighted by atomic mass is 9.96. The number of amides is 1. The van der Waals surface area contributed by atoms with Crippen LogP contribution in [0.15, 0.2) is 74.8 Å². The SMILES string of the molecule is CC(C)c1ccc(S(=O)(=O)N2CCC(C(=O)N(Cc3ccco3)Cc3ccco3)CC2)cc1. The molecule has 4 rings (SSSR count). The first kappa shape index (κ1) is 23.3. The first-order chi connectivity index (χ1) is 15.8. The number of nitrogens with zero attached hydrogens (tertiary/aromatic N) is 2. The van der Waals surface area contributed by atoms with Crippen molar-refractivity contribution in [2.24, 2.45) is 5.92 Å². The van der Waals surface area contributed by atoms with E-state index < -0.39 is 10.0 Å². The summed E-state index contributed by atoms with van der Waals surface area (Å²) in [4.78, 5) is 15.4. The molecule has 8 heteroatoms. The summed E-state index contributed by atoms with van der Waals surface area (Å²) < 4.78 is 38.6. The predicted molar refractivity (Wildman–Crippen MR) is 124 cm³/mol. The summed E-state index contributed by atoms with van der Waals surface area (Å²) in [6.45, 7) is 5.47. The van der Waals surface area contributed by atoms with Gasteiger partial charge in [0.25, 0.3) is 0 Å². The van der Waals surface area contributed by atoms with Crippen LogP contribution in [0.1, 0.15) is 49.7 Å². The van der Waals surface area contributed by atoms with E-state index in [1.54, 1.807) is 41.7 Å². The quantitative estimate of drug-likeness (QED) is 0.479. The van der Waals surface area contributed by atoms with Crippen LogP contribution in [0.4, 0.5) is 0 Å². The zero-order chi connectivity index (χ0) is 23.4. The lowest BCUT2D eigenvalue weighted by Crippen LogP contribution is -2.44. The summed E-state index contributed by atoms with van der Waals surface area (Å²) in [5, 5.41) is 0. The molecule has 1 aliphatic rings. The van der Waals surface area contributed by atoms with Gasteiger partial charge in [-0.15, -0.1) is 0 Å². The van der Waals surface area contributed by atoms with Gasteiger partial charge in [0, 0.05) is 19.0 Å². The van der Waals surface area contributed by atoms with E-state index >= 15 is 0 Å². The van der Waals surface area contributed by atoms with Crippen molar-refractivity contribution in [2.45, 2.75) is 50.6 Å². The van der Waals surface area contributed by atoms with Crippen molar-refractivity contribution in [1.82, 2.24) is 9.21 Å².